The van der Waals surface area contributed by atoms with E-state index in [9.17, 15) is 9.59 Å². The van der Waals surface area contributed by atoms with Gasteiger partial charge in [0, 0.05) is 35.6 Å². The second kappa shape index (κ2) is 13.2. The van der Waals surface area contributed by atoms with E-state index in [2.05, 4.69) is 11.9 Å². The van der Waals surface area contributed by atoms with Gasteiger partial charge in [0.15, 0.2) is 0 Å². The number of methoxy groups -OCH3 is 1. The number of anilines is 1. The molecule has 8 heteroatoms. The number of nitrogens with one attached hydrogen (secondary N) is 1. The van der Waals surface area contributed by atoms with Crippen molar-refractivity contribution in [1.82, 2.24) is 4.90 Å². The molecule has 8 nitrogen and oxygen atoms in total. The summed E-state index contributed by atoms with van der Waals surface area (Å²) < 4.78 is 10.5. The topological polar surface area (TPSA) is 106 Å². The van der Waals surface area contributed by atoms with Gasteiger partial charge in [-0.15, -0.1) is 0 Å². The maximum Gasteiger partial charge on any atom is 0.271 e. The van der Waals surface area contributed by atoms with Gasteiger partial charge in [-0.3, -0.25) is 14.6 Å². The molecule has 1 heterocycles. The minimum atomic E-state index is -0.452. The Morgan fingerprint density at radius 2 is 1.89 bits per heavy atom. The molecule has 1 saturated heterocycles. The zero-order valence-corrected chi connectivity index (χ0v) is 21.6. The molecule has 0 aromatic heterocycles. The molecule has 194 valence electrons. The Labute approximate surface area is 218 Å². The van der Waals surface area contributed by atoms with Gasteiger partial charge in [-0.25, -0.2) is 0 Å². The Balaban J connectivity index is 1.74. The van der Waals surface area contributed by atoms with Crippen molar-refractivity contribution in [2.75, 3.05) is 38.7 Å². The van der Waals surface area contributed by atoms with Crippen LogP contribution >= 0.6 is 0 Å². The van der Waals surface area contributed by atoms with Gasteiger partial charge < -0.3 is 25.4 Å². The summed E-state index contributed by atoms with van der Waals surface area (Å²) in [7, 11) is 1.61. The predicted octanol–water partition coefficient (Wildman–Crippen LogP) is 4.34. The number of rotatable bonds is 9. The number of carbonyl (C=O) groups excluding carboxylic acids is 2. The number of hydrogen-bond donors (Lipinski definition) is 2. The molecule has 0 atom stereocenters. The fourth-order valence-corrected chi connectivity index (χ4v) is 3.81. The molecule has 37 heavy (non-hydrogen) atoms. The molecule has 1 aliphatic rings. The molecule has 1 aliphatic heterocycles. The van der Waals surface area contributed by atoms with Crippen LogP contribution in [0.2, 0.25) is 0 Å². The largest absolute Gasteiger partial charge is 0.497 e. The Morgan fingerprint density at radius 3 is 2.49 bits per heavy atom. The molecule has 0 spiro atoms. The first-order chi connectivity index (χ1) is 17.9. The lowest BCUT2D eigenvalue weighted by molar-refractivity contribution is -0.112. The average molecular weight is 503 g/mol. The number of ether oxygens (including phenoxy) is 2. The maximum absolute atomic E-state index is 12.8. The molecule has 0 aliphatic carbocycles. The maximum atomic E-state index is 12.8. The monoisotopic (exact) mass is 502 g/mol. The number of nitrogens with zero attached hydrogens (tertiary/aromatic N) is 2. The van der Waals surface area contributed by atoms with Crippen LogP contribution in [0.5, 0.6) is 5.75 Å². The number of benzene rings is 2. The van der Waals surface area contributed by atoms with Gasteiger partial charge in [0.05, 0.1) is 31.7 Å². The lowest BCUT2D eigenvalue weighted by Gasteiger charge is -2.27. The Bertz CT molecular complexity index is 1220. The molecular weight excluding hydrogens is 468 g/mol. The van der Waals surface area contributed by atoms with Gasteiger partial charge in [-0.1, -0.05) is 19.6 Å². The van der Waals surface area contributed by atoms with Gasteiger partial charge in [-0.05, 0) is 73.5 Å². The number of nitrogens with two attached hydrogens (primary N) is 1. The lowest BCUT2D eigenvalue weighted by Crippen LogP contribution is -2.40. The molecule has 0 bridgehead atoms. The highest BCUT2D eigenvalue weighted by atomic mass is 16.5. The minimum absolute atomic E-state index is 0.0272. The second-order valence-electron chi connectivity index (χ2n) is 8.46. The van der Waals surface area contributed by atoms with E-state index < -0.39 is 5.91 Å². The van der Waals surface area contributed by atoms with E-state index >= 15 is 0 Å². The van der Waals surface area contributed by atoms with E-state index in [1.54, 1.807) is 48.4 Å². The fourth-order valence-electron chi connectivity index (χ4n) is 3.81. The highest BCUT2D eigenvalue weighted by Crippen LogP contribution is 2.21. The van der Waals surface area contributed by atoms with Crippen LogP contribution in [0.25, 0.3) is 5.70 Å². The van der Waals surface area contributed by atoms with Crippen molar-refractivity contribution in [2.45, 2.75) is 20.3 Å². The molecule has 2 aromatic rings. The van der Waals surface area contributed by atoms with Crippen molar-refractivity contribution in [2.24, 2.45) is 10.7 Å². The van der Waals surface area contributed by atoms with Crippen LogP contribution in [0.3, 0.4) is 0 Å². The zero-order valence-electron chi connectivity index (χ0n) is 21.6. The number of hydrogen-bond acceptors (Lipinski definition) is 6. The molecular formula is C29H34N4O4. The first-order valence-corrected chi connectivity index (χ1v) is 12.2. The van der Waals surface area contributed by atoms with E-state index in [0.29, 0.717) is 55.4 Å². The van der Waals surface area contributed by atoms with E-state index in [1.165, 1.54) is 0 Å². The van der Waals surface area contributed by atoms with Crippen molar-refractivity contribution in [3.63, 3.8) is 0 Å². The summed E-state index contributed by atoms with van der Waals surface area (Å²) in [6.07, 6.45) is 5.59. The normalized spacial score (nSPS) is 14.8. The molecule has 0 unspecified atom stereocenters. The third-order valence-electron chi connectivity index (χ3n) is 5.89. The molecule has 3 rings (SSSR count). The van der Waals surface area contributed by atoms with E-state index in [1.807, 2.05) is 38.1 Å². The van der Waals surface area contributed by atoms with Crippen molar-refractivity contribution in [1.29, 1.82) is 0 Å². The van der Waals surface area contributed by atoms with Gasteiger partial charge in [0.2, 0.25) is 0 Å². The van der Waals surface area contributed by atoms with E-state index in [0.717, 1.165) is 16.9 Å². The van der Waals surface area contributed by atoms with Gasteiger partial charge in [0.25, 0.3) is 11.8 Å². The van der Waals surface area contributed by atoms with Crippen LogP contribution in [0.1, 0.15) is 34.8 Å². The predicted molar refractivity (Wildman–Crippen MR) is 148 cm³/mol. The van der Waals surface area contributed by atoms with Crippen molar-refractivity contribution in [3.8, 4) is 5.75 Å². The lowest BCUT2D eigenvalue weighted by atomic mass is 10.1. The summed E-state index contributed by atoms with van der Waals surface area (Å²) in [6.45, 7) is 9.78. The molecule has 3 N–H and O–H groups in total. The summed E-state index contributed by atoms with van der Waals surface area (Å²) in [5.41, 5.74) is 10.3. The number of aliphatic imine (C=N–C) groups is 1. The van der Waals surface area contributed by atoms with Crippen LogP contribution in [-0.2, 0) is 9.53 Å². The minimum Gasteiger partial charge on any atom is -0.497 e. The summed E-state index contributed by atoms with van der Waals surface area (Å²) >= 11 is 0. The Morgan fingerprint density at radius 1 is 1.19 bits per heavy atom. The second-order valence-corrected chi connectivity index (χ2v) is 8.46. The SMILES string of the molecule is C=C\C=C(/N=C(\C=C(/N)C(=O)Nc1ccc(C(=O)N2CCOCC2)c(C)c1)CC)c1ccc(OC)cc1. The number of aryl methyl sites for hydroxylation is 1. The van der Waals surface area contributed by atoms with Crippen molar-refractivity contribution in [3.05, 3.63) is 89.7 Å². The van der Waals surface area contributed by atoms with Crippen LogP contribution in [0.4, 0.5) is 5.69 Å². The highest BCUT2D eigenvalue weighted by molar-refractivity contribution is 6.09. The first kappa shape index (κ1) is 27.4. The number of allylic oxidation sites excluding steroid dienone is 3. The first-order valence-electron chi connectivity index (χ1n) is 12.2. The molecule has 0 radical (unpaired) electrons. The van der Waals surface area contributed by atoms with Crippen LogP contribution in [0, 0.1) is 6.92 Å². The quantitative estimate of drug-likeness (QED) is 0.302. The van der Waals surface area contributed by atoms with Crippen molar-refractivity contribution < 1.29 is 19.1 Å². The Hall–Kier alpha value is -4.17. The average Bonchev–Trinajstić information content (AvgIpc) is 2.92. The molecule has 1 fully saturated rings. The third kappa shape index (κ3) is 7.41. The summed E-state index contributed by atoms with van der Waals surface area (Å²) in [4.78, 5) is 32.1. The number of carbonyl (C=O) groups is 2. The Kier molecular flexibility index (Phi) is 9.80. The van der Waals surface area contributed by atoms with Gasteiger partial charge >= 0.3 is 0 Å². The summed E-state index contributed by atoms with van der Waals surface area (Å²) in [5.74, 6) is 0.254. The standard InChI is InChI=1S/C29H34N4O4/c1-5-7-27(21-8-11-24(36-4)12-9-21)31-22(6-2)19-26(30)28(34)32-23-10-13-25(20(3)18-23)29(35)33-14-16-37-17-15-33/h5,7-13,18-19H,1,6,14-17,30H2,2-4H3,(H,32,34)/b26-19-,27-7-,31-22-. The van der Waals surface area contributed by atoms with Crippen LogP contribution in [0.15, 0.2) is 78.0 Å². The highest BCUT2D eigenvalue weighted by Gasteiger charge is 2.20. The van der Waals surface area contributed by atoms with Crippen LogP contribution < -0.4 is 15.8 Å². The third-order valence-corrected chi connectivity index (χ3v) is 5.89. The van der Waals surface area contributed by atoms with E-state index in [-0.39, 0.29) is 11.6 Å². The zero-order chi connectivity index (χ0) is 26.8. The number of morpholine rings is 1. The molecule has 2 amide bonds. The fraction of sp³-hybridized carbons (Fsp3) is 0.276. The summed E-state index contributed by atoms with van der Waals surface area (Å²) in [5, 5.41) is 2.80. The van der Waals surface area contributed by atoms with Crippen LogP contribution in [-0.4, -0.2) is 55.8 Å². The number of amides is 2. The molecule has 0 saturated carbocycles. The van der Waals surface area contributed by atoms with E-state index in [4.69, 9.17) is 20.2 Å². The van der Waals surface area contributed by atoms with Crippen molar-refractivity contribution >= 4 is 28.9 Å². The van der Waals surface area contributed by atoms with Gasteiger partial charge in [-0.2, -0.15) is 0 Å². The molecule has 2 aromatic carbocycles. The summed E-state index contributed by atoms with van der Waals surface area (Å²) in [6, 6.07) is 12.7. The van der Waals surface area contributed by atoms with Gasteiger partial charge in [0.1, 0.15) is 5.75 Å². The smallest absolute Gasteiger partial charge is 0.271 e.